The molecule has 25 heavy (non-hydrogen) atoms. The highest BCUT2D eigenvalue weighted by atomic mass is 32.1. The lowest BCUT2D eigenvalue weighted by molar-refractivity contribution is -0.129. The summed E-state index contributed by atoms with van der Waals surface area (Å²) in [6, 6.07) is 11.5. The third-order valence-electron chi connectivity index (χ3n) is 3.86. The van der Waals surface area contributed by atoms with Gasteiger partial charge in [-0.2, -0.15) is 0 Å². The number of rotatable bonds is 6. The standard InChI is InChI=1S/C19H20N2O3S/c1-13-8-9-17(24-13)19-20-15(12-25-19)10-18(22)21(2)11-14-6-4-5-7-16(14)23-3/h4-9,12H,10-11H2,1-3H3. The molecule has 0 bridgehead atoms. The molecule has 0 unspecified atom stereocenters. The zero-order valence-electron chi connectivity index (χ0n) is 14.5. The molecule has 0 radical (unpaired) electrons. The van der Waals surface area contributed by atoms with Crippen LogP contribution in [0.3, 0.4) is 0 Å². The zero-order valence-corrected chi connectivity index (χ0v) is 15.3. The summed E-state index contributed by atoms with van der Waals surface area (Å²) in [4.78, 5) is 18.7. The number of para-hydroxylation sites is 1. The van der Waals surface area contributed by atoms with E-state index in [0.29, 0.717) is 6.54 Å². The van der Waals surface area contributed by atoms with Gasteiger partial charge in [0.05, 0.1) is 19.2 Å². The number of hydrogen-bond acceptors (Lipinski definition) is 5. The number of hydrogen-bond donors (Lipinski definition) is 0. The van der Waals surface area contributed by atoms with Crippen LogP contribution >= 0.6 is 11.3 Å². The highest BCUT2D eigenvalue weighted by molar-refractivity contribution is 7.13. The molecular formula is C19H20N2O3S. The van der Waals surface area contributed by atoms with Crippen molar-refractivity contribution in [3.63, 3.8) is 0 Å². The van der Waals surface area contributed by atoms with Gasteiger partial charge in [-0.3, -0.25) is 4.79 Å². The van der Waals surface area contributed by atoms with E-state index < -0.39 is 0 Å². The molecule has 3 aromatic rings. The Morgan fingerprint density at radius 2 is 2.08 bits per heavy atom. The van der Waals surface area contributed by atoms with Gasteiger partial charge in [-0.05, 0) is 25.1 Å². The summed E-state index contributed by atoms with van der Waals surface area (Å²) in [5, 5.41) is 2.70. The number of aryl methyl sites for hydroxylation is 1. The largest absolute Gasteiger partial charge is 0.496 e. The Hall–Kier alpha value is -2.60. The molecule has 1 aromatic carbocycles. The number of thiazole rings is 1. The van der Waals surface area contributed by atoms with Gasteiger partial charge >= 0.3 is 0 Å². The molecule has 0 aliphatic carbocycles. The molecule has 0 N–H and O–H groups in total. The summed E-state index contributed by atoms with van der Waals surface area (Å²) in [7, 11) is 3.42. The van der Waals surface area contributed by atoms with E-state index in [1.807, 2.05) is 48.7 Å². The predicted octanol–water partition coefficient (Wildman–Crippen LogP) is 3.92. The highest BCUT2D eigenvalue weighted by Crippen LogP contribution is 2.26. The third kappa shape index (κ3) is 4.09. The number of methoxy groups -OCH3 is 1. The van der Waals surface area contributed by atoms with E-state index in [-0.39, 0.29) is 12.3 Å². The van der Waals surface area contributed by atoms with Gasteiger partial charge in [0.15, 0.2) is 10.8 Å². The summed E-state index contributed by atoms with van der Waals surface area (Å²) in [5.74, 6) is 2.38. The second kappa shape index (κ2) is 7.53. The first-order valence-corrected chi connectivity index (χ1v) is 8.82. The van der Waals surface area contributed by atoms with Crippen LogP contribution in [-0.4, -0.2) is 29.9 Å². The monoisotopic (exact) mass is 356 g/mol. The average Bonchev–Trinajstić information content (AvgIpc) is 3.24. The Balaban J connectivity index is 1.65. The van der Waals surface area contributed by atoms with Gasteiger partial charge in [0, 0.05) is 24.5 Å². The fraction of sp³-hybridized carbons (Fsp3) is 0.263. The van der Waals surface area contributed by atoms with Crippen LogP contribution in [0.25, 0.3) is 10.8 Å². The maximum Gasteiger partial charge on any atom is 0.228 e. The van der Waals surface area contributed by atoms with Crippen molar-refractivity contribution in [1.29, 1.82) is 0 Å². The van der Waals surface area contributed by atoms with E-state index in [0.717, 1.165) is 33.5 Å². The van der Waals surface area contributed by atoms with E-state index in [9.17, 15) is 4.79 Å². The quantitative estimate of drug-likeness (QED) is 0.672. The molecule has 0 atom stereocenters. The van der Waals surface area contributed by atoms with Gasteiger partial charge in [0.2, 0.25) is 5.91 Å². The number of carbonyl (C=O) groups excluding carboxylic acids is 1. The average molecular weight is 356 g/mol. The summed E-state index contributed by atoms with van der Waals surface area (Å²) in [6.45, 7) is 2.39. The number of likely N-dealkylation sites (N-methyl/N-ethyl adjacent to an activating group) is 1. The fourth-order valence-corrected chi connectivity index (χ4v) is 3.30. The fourth-order valence-electron chi connectivity index (χ4n) is 2.52. The van der Waals surface area contributed by atoms with Crippen LogP contribution in [0, 0.1) is 6.92 Å². The molecule has 1 amide bonds. The Kier molecular flexibility index (Phi) is 5.19. The molecule has 130 valence electrons. The second-order valence-electron chi connectivity index (χ2n) is 5.79. The Morgan fingerprint density at radius 3 is 2.80 bits per heavy atom. The van der Waals surface area contributed by atoms with Gasteiger partial charge in [-0.1, -0.05) is 18.2 Å². The van der Waals surface area contributed by atoms with Crippen molar-refractivity contribution >= 4 is 17.2 Å². The van der Waals surface area contributed by atoms with Crippen molar-refractivity contribution in [2.45, 2.75) is 19.9 Å². The van der Waals surface area contributed by atoms with Crippen LogP contribution in [-0.2, 0) is 17.8 Å². The van der Waals surface area contributed by atoms with Crippen molar-refractivity contribution in [2.75, 3.05) is 14.2 Å². The molecule has 2 aromatic heterocycles. The molecular weight excluding hydrogens is 336 g/mol. The predicted molar refractivity (Wildman–Crippen MR) is 97.7 cm³/mol. The van der Waals surface area contributed by atoms with Crippen LogP contribution in [0.5, 0.6) is 5.75 Å². The molecule has 0 aliphatic heterocycles. The topological polar surface area (TPSA) is 55.6 Å². The number of benzene rings is 1. The number of aromatic nitrogens is 1. The van der Waals surface area contributed by atoms with Gasteiger partial charge in [-0.15, -0.1) is 11.3 Å². The molecule has 6 heteroatoms. The number of amides is 1. The summed E-state index contributed by atoms with van der Waals surface area (Å²) < 4.78 is 10.9. The Labute approximate surface area is 150 Å². The van der Waals surface area contributed by atoms with E-state index in [1.54, 1.807) is 19.1 Å². The van der Waals surface area contributed by atoms with Crippen LogP contribution < -0.4 is 4.74 Å². The van der Waals surface area contributed by atoms with Crippen LogP contribution in [0.1, 0.15) is 17.0 Å². The van der Waals surface area contributed by atoms with Gasteiger partial charge < -0.3 is 14.1 Å². The van der Waals surface area contributed by atoms with E-state index in [2.05, 4.69) is 4.98 Å². The second-order valence-corrected chi connectivity index (χ2v) is 6.65. The molecule has 0 saturated carbocycles. The zero-order chi connectivity index (χ0) is 17.8. The Bertz CT molecular complexity index is 869. The van der Waals surface area contributed by atoms with Crippen LogP contribution in [0.2, 0.25) is 0 Å². The van der Waals surface area contributed by atoms with Crippen molar-refractivity contribution in [1.82, 2.24) is 9.88 Å². The minimum atomic E-state index is 0.0124. The first-order valence-electron chi connectivity index (χ1n) is 7.94. The molecule has 0 aliphatic rings. The van der Waals surface area contributed by atoms with Gasteiger partial charge in [0.25, 0.3) is 0 Å². The van der Waals surface area contributed by atoms with E-state index >= 15 is 0 Å². The number of furan rings is 1. The summed E-state index contributed by atoms with van der Waals surface area (Å²) >= 11 is 1.48. The summed E-state index contributed by atoms with van der Waals surface area (Å²) in [6.07, 6.45) is 0.266. The number of nitrogens with zero attached hydrogens (tertiary/aromatic N) is 2. The molecule has 0 saturated heterocycles. The first-order chi connectivity index (χ1) is 12.1. The maximum atomic E-state index is 12.5. The number of carbonyl (C=O) groups is 1. The molecule has 0 fully saturated rings. The first kappa shape index (κ1) is 17.2. The van der Waals surface area contributed by atoms with E-state index in [1.165, 1.54) is 11.3 Å². The minimum Gasteiger partial charge on any atom is -0.496 e. The van der Waals surface area contributed by atoms with Crippen molar-refractivity contribution < 1.29 is 13.9 Å². The van der Waals surface area contributed by atoms with Gasteiger partial charge in [0.1, 0.15) is 11.5 Å². The normalized spacial score (nSPS) is 10.7. The smallest absolute Gasteiger partial charge is 0.228 e. The molecule has 2 heterocycles. The highest BCUT2D eigenvalue weighted by Gasteiger charge is 2.15. The van der Waals surface area contributed by atoms with Crippen LogP contribution in [0.15, 0.2) is 46.2 Å². The molecule has 3 rings (SSSR count). The maximum absolute atomic E-state index is 12.5. The van der Waals surface area contributed by atoms with Gasteiger partial charge in [-0.25, -0.2) is 4.98 Å². The van der Waals surface area contributed by atoms with Crippen LogP contribution in [0.4, 0.5) is 0 Å². The lowest BCUT2D eigenvalue weighted by Gasteiger charge is -2.18. The number of ether oxygens (including phenoxy) is 1. The van der Waals surface area contributed by atoms with Crippen molar-refractivity contribution in [2.24, 2.45) is 0 Å². The SMILES string of the molecule is COc1ccccc1CN(C)C(=O)Cc1csc(-c2ccc(C)o2)n1. The lowest BCUT2D eigenvalue weighted by Crippen LogP contribution is -2.28. The molecule has 0 spiro atoms. The Morgan fingerprint density at radius 1 is 1.28 bits per heavy atom. The van der Waals surface area contributed by atoms with Crippen molar-refractivity contribution in [3.8, 4) is 16.5 Å². The minimum absolute atomic E-state index is 0.0124. The van der Waals surface area contributed by atoms with E-state index in [4.69, 9.17) is 9.15 Å². The third-order valence-corrected chi connectivity index (χ3v) is 4.77. The lowest BCUT2D eigenvalue weighted by atomic mass is 10.2. The molecule has 5 nitrogen and oxygen atoms in total. The van der Waals surface area contributed by atoms with Crippen molar-refractivity contribution in [3.05, 3.63) is 58.8 Å². The summed E-state index contributed by atoms with van der Waals surface area (Å²) in [5.41, 5.74) is 1.73.